The zero-order chi connectivity index (χ0) is 13.8. The summed E-state index contributed by atoms with van der Waals surface area (Å²) in [6.07, 6.45) is 4.54. The van der Waals surface area contributed by atoms with Crippen molar-refractivity contribution in [3.05, 3.63) is 41.0 Å². The first-order valence-corrected chi connectivity index (χ1v) is 5.94. The van der Waals surface area contributed by atoms with Crippen LogP contribution in [0, 0.1) is 0 Å². The number of rotatable bonds is 0. The number of fused-ring (bicyclic) bond motifs is 3. The van der Waals surface area contributed by atoms with Crippen LogP contribution in [0.1, 0.15) is 35.3 Å². The molecule has 1 aliphatic heterocycles. The van der Waals surface area contributed by atoms with Gasteiger partial charge in [0.15, 0.2) is 0 Å². The maximum Gasteiger partial charge on any atom is 0.234 e. The maximum absolute atomic E-state index is 12.0. The zero-order valence-electron chi connectivity index (χ0n) is 10.6. The van der Waals surface area contributed by atoms with Crippen LogP contribution in [0.2, 0.25) is 0 Å². The Labute approximate surface area is 110 Å². The predicted octanol–water partition coefficient (Wildman–Crippen LogP) is 2.54. The molecule has 4 nitrogen and oxygen atoms in total. The number of aliphatic hydroxyl groups excluding tert-OH is 1. The van der Waals surface area contributed by atoms with Gasteiger partial charge in [0.25, 0.3) is 0 Å². The second kappa shape index (κ2) is 3.57. The molecular weight excluding hydrogens is 244 g/mol. The first-order chi connectivity index (χ1) is 8.89. The highest BCUT2D eigenvalue weighted by Crippen LogP contribution is 2.37. The van der Waals surface area contributed by atoms with Crippen LogP contribution < -0.4 is 4.74 Å². The van der Waals surface area contributed by atoms with Gasteiger partial charge in [-0.2, -0.15) is 0 Å². The Bertz CT molecular complexity index is 678. The van der Waals surface area contributed by atoms with Crippen LogP contribution in [-0.4, -0.2) is 22.3 Å². The van der Waals surface area contributed by atoms with Crippen LogP contribution >= 0.6 is 0 Å². The van der Waals surface area contributed by atoms with E-state index in [1.54, 1.807) is 18.2 Å². The van der Waals surface area contributed by atoms with E-state index in [-0.39, 0.29) is 11.3 Å². The molecule has 1 heterocycles. The zero-order valence-corrected chi connectivity index (χ0v) is 10.6. The van der Waals surface area contributed by atoms with Crippen molar-refractivity contribution in [1.82, 2.24) is 0 Å². The van der Waals surface area contributed by atoms with Gasteiger partial charge in [-0.15, -0.1) is 0 Å². The van der Waals surface area contributed by atoms with Crippen molar-refractivity contribution in [2.24, 2.45) is 0 Å². The van der Waals surface area contributed by atoms with E-state index in [1.807, 2.05) is 19.9 Å². The van der Waals surface area contributed by atoms with Gasteiger partial charge in [-0.3, -0.25) is 9.59 Å². The van der Waals surface area contributed by atoms with Gasteiger partial charge >= 0.3 is 0 Å². The first-order valence-electron chi connectivity index (χ1n) is 5.94. The van der Waals surface area contributed by atoms with E-state index in [2.05, 4.69) is 0 Å². The van der Waals surface area contributed by atoms with Gasteiger partial charge in [0.1, 0.15) is 17.1 Å². The first kappa shape index (κ1) is 11.7. The van der Waals surface area contributed by atoms with Gasteiger partial charge in [0.2, 0.25) is 11.6 Å². The molecule has 0 saturated carbocycles. The van der Waals surface area contributed by atoms with Gasteiger partial charge in [0, 0.05) is 22.8 Å². The summed E-state index contributed by atoms with van der Waals surface area (Å²) in [5.41, 5.74) is 0.682. The molecule has 0 bridgehead atoms. The monoisotopic (exact) mass is 256 g/mol. The molecule has 1 N–H and O–H groups in total. The number of hydrogen-bond acceptors (Lipinski definition) is 4. The molecule has 0 saturated heterocycles. The lowest BCUT2D eigenvalue weighted by molar-refractivity contribution is -0.111. The van der Waals surface area contributed by atoms with Crippen LogP contribution in [-0.2, 0) is 4.79 Å². The summed E-state index contributed by atoms with van der Waals surface area (Å²) in [6, 6.07) is 3.30. The minimum absolute atomic E-state index is 0.180. The van der Waals surface area contributed by atoms with Gasteiger partial charge in [-0.1, -0.05) is 6.08 Å². The van der Waals surface area contributed by atoms with Gasteiger partial charge in [0.05, 0.1) is 0 Å². The topological polar surface area (TPSA) is 63.6 Å². The Balaban J connectivity index is 2.28. The van der Waals surface area contributed by atoms with Crippen molar-refractivity contribution in [2.75, 3.05) is 0 Å². The molecule has 2 aliphatic rings. The van der Waals surface area contributed by atoms with E-state index in [0.29, 0.717) is 16.9 Å². The van der Waals surface area contributed by atoms with E-state index in [4.69, 9.17) is 4.74 Å². The molecule has 0 fully saturated rings. The van der Waals surface area contributed by atoms with Crippen molar-refractivity contribution < 1.29 is 19.4 Å². The lowest BCUT2D eigenvalue weighted by Crippen LogP contribution is -2.29. The summed E-state index contributed by atoms with van der Waals surface area (Å²) in [5.74, 6) is -0.961. The smallest absolute Gasteiger partial charge is 0.234 e. The SMILES string of the molecule is CC1(C)C=Cc2c(ccc3c2C(=O)C(=O)C=C3O)O1. The van der Waals surface area contributed by atoms with Gasteiger partial charge < -0.3 is 9.84 Å². The summed E-state index contributed by atoms with van der Waals surface area (Å²) in [5, 5.41) is 9.78. The second-order valence-corrected chi connectivity index (χ2v) is 5.16. The number of carbonyl (C=O) groups excluding carboxylic acids is 2. The fraction of sp³-hybridized carbons (Fsp3) is 0.200. The lowest BCUT2D eigenvalue weighted by atomic mass is 9.87. The fourth-order valence-corrected chi connectivity index (χ4v) is 2.31. The highest BCUT2D eigenvalue weighted by atomic mass is 16.5. The molecule has 3 rings (SSSR count). The summed E-state index contributed by atoms with van der Waals surface area (Å²) < 4.78 is 5.75. The maximum atomic E-state index is 12.0. The van der Waals surface area contributed by atoms with Crippen LogP contribution in [0.15, 0.2) is 24.3 Å². The van der Waals surface area contributed by atoms with Crippen molar-refractivity contribution >= 4 is 23.4 Å². The number of Topliss-reactive ketones (excluding diaryl/α,β-unsaturated/α-hetero) is 1. The van der Waals surface area contributed by atoms with Crippen LogP contribution in [0.5, 0.6) is 5.75 Å². The van der Waals surface area contributed by atoms with Crippen molar-refractivity contribution in [2.45, 2.75) is 19.4 Å². The number of benzene rings is 1. The Morgan fingerprint density at radius 3 is 2.68 bits per heavy atom. The standard InChI is InChI=1S/C15H12O4/c1-15(2)6-5-9-12(19-15)4-3-8-10(16)7-11(17)14(18)13(8)9/h3-7,16H,1-2H3. The van der Waals surface area contributed by atoms with Crippen LogP contribution in [0.3, 0.4) is 0 Å². The minimum atomic E-state index is -0.711. The highest BCUT2D eigenvalue weighted by molar-refractivity contribution is 6.51. The Morgan fingerprint density at radius 1 is 1.21 bits per heavy atom. The van der Waals surface area contributed by atoms with E-state index in [9.17, 15) is 14.7 Å². The third-order valence-corrected chi connectivity index (χ3v) is 3.22. The fourth-order valence-electron chi connectivity index (χ4n) is 2.31. The Morgan fingerprint density at radius 2 is 1.95 bits per heavy atom. The predicted molar refractivity (Wildman–Crippen MR) is 70.1 cm³/mol. The van der Waals surface area contributed by atoms with Gasteiger partial charge in [-0.25, -0.2) is 0 Å². The third kappa shape index (κ3) is 1.68. The third-order valence-electron chi connectivity index (χ3n) is 3.22. The lowest BCUT2D eigenvalue weighted by Gasteiger charge is -2.29. The van der Waals surface area contributed by atoms with Crippen molar-refractivity contribution in [3.8, 4) is 5.75 Å². The summed E-state index contributed by atoms with van der Waals surface area (Å²) >= 11 is 0. The molecule has 0 spiro atoms. The van der Waals surface area contributed by atoms with E-state index < -0.39 is 17.2 Å². The molecule has 1 aliphatic carbocycles. The number of ketones is 2. The number of carbonyl (C=O) groups is 2. The highest BCUT2D eigenvalue weighted by Gasteiger charge is 2.32. The Hall–Kier alpha value is -2.36. The van der Waals surface area contributed by atoms with Crippen LogP contribution in [0.4, 0.5) is 0 Å². The van der Waals surface area contributed by atoms with E-state index in [0.717, 1.165) is 6.08 Å². The molecule has 19 heavy (non-hydrogen) atoms. The normalized spacial score (nSPS) is 19.4. The summed E-state index contributed by atoms with van der Waals surface area (Å²) in [6.45, 7) is 3.80. The van der Waals surface area contributed by atoms with Crippen molar-refractivity contribution in [3.63, 3.8) is 0 Å². The molecule has 1 aromatic carbocycles. The number of aliphatic hydroxyl groups is 1. The molecule has 0 atom stereocenters. The van der Waals surface area contributed by atoms with Gasteiger partial charge in [-0.05, 0) is 32.1 Å². The minimum Gasteiger partial charge on any atom is -0.507 e. The molecule has 1 aromatic rings. The van der Waals surface area contributed by atoms with E-state index in [1.165, 1.54) is 0 Å². The molecule has 96 valence electrons. The molecule has 4 heteroatoms. The number of ether oxygens (including phenoxy) is 1. The quantitative estimate of drug-likeness (QED) is 0.724. The molecule has 0 radical (unpaired) electrons. The second-order valence-electron chi connectivity index (χ2n) is 5.16. The average molecular weight is 256 g/mol. The molecule has 0 amide bonds. The molecular formula is C15H12O4. The van der Waals surface area contributed by atoms with E-state index >= 15 is 0 Å². The van der Waals surface area contributed by atoms with Crippen molar-refractivity contribution in [1.29, 1.82) is 0 Å². The molecule has 0 unspecified atom stereocenters. The summed E-state index contributed by atoms with van der Waals surface area (Å²) in [7, 11) is 0. The number of hydrogen-bond donors (Lipinski definition) is 1. The van der Waals surface area contributed by atoms with Crippen LogP contribution in [0.25, 0.3) is 11.8 Å². The number of allylic oxidation sites excluding steroid dienone is 1. The summed E-state index contributed by atoms with van der Waals surface area (Å²) in [4.78, 5) is 23.5. The largest absolute Gasteiger partial charge is 0.507 e. The Kier molecular flexibility index (Phi) is 2.20. The average Bonchev–Trinajstić information content (AvgIpc) is 2.33. The molecule has 0 aromatic heterocycles.